The minimum absolute atomic E-state index is 0.0619. The highest BCUT2D eigenvalue weighted by Crippen LogP contribution is 2.18. The smallest absolute Gasteiger partial charge is 0.228 e. The Hall–Kier alpha value is -2.80. The number of nitriles is 1. The first-order chi connectivity index (χ1) is 9.20. The second-order valence-electron chi connectivity index (χ2n) is 4.01. The van der Waals surface area contributed by atoms with Crippen LogP contribution in [0.25, 0.3) is 0 Å². The number of carbonyl (C=O) groups excluding carboxylic acids is 1. The molecule has 94 valence electrons. The Balaban J connectivity index is 2.11. The maximum atomic E-state index is 11.9. The molecule has 1 amide bonds. The van der Waals surface area contributed by atoms with Gasteiger partial charge in [0.15, 0.2) is 0 Å². The largest absolute Gasteiger partial charge is 0.508 e. The first-order valence-corrected chi connectivity index (χ1v) is 5.76. The van der Waals surface area contributed by atoms with Gasteiger partial charge in [-0.2, -0.15) is 5.26 Å². The molecule has 0 saturated carbocycles. The molecule has 0 spiro atoms. The van der Waals surface area contributed by atoms with Gasteiger partial charge in [-0.05, 0) is 18.2 Å². The highest BCUT2D eigenvalue weighted by atomic mass is 16.3. The Bertz CT molecular complexity index is 645. The summed E-state index contributed by atoms with van der Waals surface area (Å²) in [6.07, 6.45) is 0.0619. The molecule has 0 fully saturated rings. The van der Waals surface area contributed by atoms with E-state index in [1.54, 1.807) is 42.5 Å². The highest BCUT2D eigenvalue weighted by Gasteiger charge is 2.09. The van der Waals surface area contributed by atoms with Crippen molar-refractivity contribution in [2.75, 3.05) is 5.32 Å². The number of hydrogen-bond acceptors (Lipinski definition) is 3. The van der Waals surface area contributed by atoms with Crippen LogP contribution in [0.2, 0.25) is 0 Å². The maximum Gasteiger partial charge on any atom is 0.228 e. The lowest BCUT2D eigenvalue weighted by Gasteiger charge is -2.07. The van der Waals surface area contributed by atoms with E-state index in [0.29, 0.717) is 16.8 Å². The van der Waals surface area contributed by atoms with Crippen LogP contribution in [-0.2, 0) is 11.2 Å². The molecule has 0 aliphatic rings. The van der Waals surface area contributed by atoms with E-state index < -0.39 is 0 Å². The van der Waals surface area contributed by atoms with Crippen LogP contribution in [-0.4, -0.2) is 11.0 Å². The number of hydrogen-bond donors (Lipinski definition) is 2. The third-order valence-corrected chi connectivity index (χ3v) is 2.66. The molecule has 0 aliphatic carbocycles. The van der Waals surface area contributed by atoms with Crippen LogP contribution in [0.1, 0.15) is 11.1 Å². The Morgan fingerprint density at radius 3 is 2.58 bits per heavy atom. The minimum Gasteiger partial charge on any atom is -0.508 e. The number of nitrogens with one attached hydrogen (secondary N) is 1. The van der Waals surface area contributed by atoms with Gasteiger partial charge in [-0.15, -0.1) is 0 Å². The van der Waals surface area contributed by atoms with Crippen molar-refractivity contribution in [2.45, 2.75) is 6.42 Å². The summed E-state index contributed by atoms with van der Waals surface area (Å²) in [5.74, 6) is -0.185. The maximum absolute atomic E-state index is 11.9. The highest BCUT2D eigenvalue weighted by molar-refractivity contribution is 5.93. The van der Waals surface area contributed by atoms with Crippen LogP contribution in [0, 0.1) is 11.3 Å². The fraction of sp³-hybridized carbons (Fsp3) is 0.0667. The van der Waals surface area contributed by atoms with Crippen molar-refractivity contribution in [3.05, 3.63) is 59.7 Å². The predicted octanol–water partition coefficient (Wildman–Crippen LogP) is 2.45. The summed E-state index contributed by atoms with van der Waals surface area (Å²) >= 11 is 0. The molecule has 0 saturated heterocycles. The number of rotatable bonds is 3. The molecule has 0 aliphatic heterocycles. The SMILES string of the molecule is N#Cc1ccccc1NC(=O)Cc1ccccc1O. The van der Waals surface area contributed by atoms with Gasteiger partial charge in [-0.1, -0.05) is 30.3 Å². The summed E-state index contributed by atoms with van der Waals surface area (Å²) in [6, 6.07) is 15.5. The van der Waals surface area contributed by atoms with Crippen molar-refractivity contribution in [3.8, 4) is 11.8 Å². The van der Waals surface area contributed by atoms with Gasteiger partial charge in [-0.25, -0.2) is 0 Å². The van der Waals surface area contributed by atoms with E-state index in [1.165, 1.54) is 6.07 Å². The summed E-state index contributed by atoms with van der Waals surface area (Å²) in [5, 5.41) is 21.2. The lowest BCUT2D eigenvalue weighted by atomic mass is 10.1. The lowest BCUT2D eigenvalue weighted by molar-refractivity contribution is -0.115. The average molecular weight is 252 g/mol. The number of benzene rings is 2. The van der Waals surface area contributed by atoms with E-state index in [2.05, 4.69) is 5.32 Å². The normalized spacial score (nSPS) is 9.63. The molecule has 2 aromatic carbocycles. The van der Waals surface area contributed by atoms with Crippen molar-refractivity contribution in [3.63, 3.8) is 0 Å². The molecule has 0 aromatic heterocycles. The zero-order valence-corrected chi connectivity index (χ0v) is 10.1. The predicted molar refractivity (Wildman–Crippen MR) is 71.6 cm³/mol. The number of anilines is 1. The van der Waals surface area contributed by atoms with Gasteiger partial charge < -0.3 is 10.4 Å². The first-order valence-electron chi connectivity index (χ1n) is 5.76. The van der Waals surface area contributed by atoms with Crippen molar-refractivity contribution in [2.24, 2.45) is 0 Å². The van der Waals surface area contributed by atoms with E-state index in [1.807, 2.05) is 6.07 Å². The number of phenols is 1. The van der Waals surface area contributed by atoms with Crippen LogP contribution in [0.4, 0.5) is 5.69 Å². The van der Waals surface area contributed by atoms with Crippen LogP contribution >= 0.6 is 0 Å². The third-order valence-electron chi connectivity index (χ3n) is 2.66. The van der Waals surface area contributed by atoms with Gasteiger partial charge in [-0.3, -0.25) is 4.79 Å². The molecular weight excluding hydrogens is 240 g/mol. The summed E-state index contributed by atoms with van der Waals surface area (Å²) in [6.45, 7) is 0. The van der Waals surface area contributed by atoms with Gasteiger partial charge >= 0.3 is 0 Å². The van der Waals surface area contributed by atoms with Crippen molar-refractivity contribution < 1.29 is 9.90 Å². The second-order valence-corrected chi connectivity index (χ2v) is 4.01. The molecule has 0 bridgehead atoms. The quantitative estimate of drug-likeness (QED) is 0.881. The second kappa shape index (κ2) is 5.69. The van der Waals surface area contributed by atoms with E-state index in [4.69, 9.17) is 5.26 Å². The van der Waals surface area contributed by atoms with Gasteiger partial charge in [0.2, 0.25) is 5.91 Å². The lowest BCUT2D eigenvalue weighted by Crippen LogP contribution is -2.15. The van der Waals surface area contributed by atoms with Crippen LogP contribution in [0.3, 0.4) is 0 Å². The molecule has 4 heteroatoms. The first kappa shape index (κ1) is 12.7. The fourth-order valence-corrected chi connectivity index (χ4v) is 1.72. The average Bonchev–Trinajstić information content (AvgIpc) is 2.42. The van der Waals surface area contributed by atoms with Gasteiger partial charge in [0, 0.05) is 5.56 Å². The van der Waals surface area contributed by atoms with Crippen LogP contribution in [0.5, 0.6) is 5.75 Å². The third kappa shape index (κ3) is 3.11. The summed E-state index contributed by atoms with van der Waals surface area (Å²) in [7, 11) is 0. The number of aromatic hydroxyl groups is 1. The van der Waals surface area contributed by atoms with Gasteiger partial charge in [0.25, 0.3) is 0 Å². The topological polar surface area (TPSA) is 73.1 Å². The molecule has 0 atom stereocenters. The number of carbonyl (C=O) groups is 1. The summed E-state index contributed by atoms with van der Waals surface area (Å²) < 4.78 is 0. The summed E-state index contributed by atoms with van der Waals surface area (Å²) in [5.41, 5.74) is 1.44. The Morgan fingerprint density at radius 1 is 1.16 bits per heavy atom. The van der Waals surface area contributed by atoms with E-state index in [-0.39, 0.29) is 18.1 Å². The van der Waals surface area contributed by atoms with Crippen molar-refractivity contribution in [1.29, 1.82) is 5.26 Å². The zero-order chi connectivity index (χ0) is 13.7. The molecule has 0 radical (unpaired) electrons. The molecule has 2 aromatic rings. The number of nitrogens with zero attached hydrogens (tertiary/aromatic N) is 1. The molecule has 2 N–H and O–H groups in total. The van der Waals surface area contributed by atoms with E-state index >= 15 is 0 Å². The zero-order valence-electron chi connectivity index (χ0n) is 10.1. The molecule has 2 rings (SSSR count). The standard InChI is InChI=1S/C15H12N2O2/c16-10-12-6-1-3-7-13(12)17-15(19)9-11-5-2-4-8-14(11)18/h1-8,18H,9H2,(H,17,19). The van der Waals surface area contributed by atoms with E-state index in [9.17, 15) is 9.90 Å². The molecular formula is C15H12N2O2. The molecule has 0 unspecified atom stereocenters. The van der Waals surface area contributed by atoms with Gasteiger partial charge in [0.1, 0.15) is 11.8 Å². The Kier molecular flexibility index (Phi) is 3.79. The van der Waals surface area contributed by atoms with Gasteiger partial charge in [0.05, 0.1) is 17.7 Å². The van der Waals surface area contributed by atoms with Crippen LogP contribution in [0.15, 0.2) is 48.5 Å². The monoisotopic (exact) mass is 252 g/mol. The minimum atomic E-state index is -0.274. The van der Waals surface area contributed by atoms with Crippen molar-refractivity contribution >= 4 is 11.6 Å². The Morgan fingerprint density at radius 2 is 1.84 bits per heavy atom. The molecule has 0 heterocycles. The Labute approximate surface area is 110 Å². The summed E-state index contributed by atoms with van der Waals surface area (Å²) in [4.78, 5) is 11.9. The number of phenolic OH excluding ortho intramolecular Hbond substituents is 1. The fourth-order valence-electron chi connectivity index (χ4n) is 1.72. The molecule has 19 heavy (non-hydrogen) atoms. The molecule has 4 nitrogen and oxygen atoms in total. The van der Waals surface area contributed by atoms with E-state index in [0.717, 1.165) is 0 Å². The van der Waals surface area contributed by atoms with Crippen LogP contribution < -0.4 is 5.32 Å². The van der Waals surface area contributed by atoms with Crippen molar-refractivity contribution in [1.82, 2.24) is 0 Å². The number of amides is 1. The number of para-hydroxylation sites is 2.